The van der Waals surface area contributed by atoms with Gasteiger partial charge in [0, 0.05) is 18.0 Å². The van der Waals surface area contributed by atoms with Crippen LogP contribution in [0.15, 0.2) is 23.1 Å². The van der Waals surface area contributed by atoms with Crippen molar-refractivity contribution in [2.75, 3.05) is 6.54 Å². The summed E-state index contributed by atoms with van der Waals surface area (Å²) in [6.07, 6.45) is 0.682. The molecule has 19 heavy (non-hydrogen) atoms. The highest BCUT2D eigenvalue weighted by Crippen LogP contribution is 2.23. The average Bonchev–Trinajstić information content (AvgIpc) is 2.35. The van der Waals surface area contributed by atoms with Crippen LogP contribution in [0.4, 0.5) is 0 Å². The van der Waals surface area contributed by atoms with E-state index in [1.807, 2.05) is 6.92 Å². The Morgan fingerprint density at radius 2 is 2.00 bits per heavy atom. The minimum Gasteiger partial charge on any atom is -0.294 e. The highest BCUT2D eigenvalue weighted by atomic mass is 35.5. The molecule has 1 N–H and O–H groups in total. The second-order valence-electron chi connectivity index (χ2n) is 4.56. The molecule has 106 valence electrons. The fourth-order valence-corrected chi connectivity index (χ4v) is 3.17. The second kappa shape index (κ2) is 6.50. The zero-order valence-electron chi connectivity index (χ0n) is 11.2. The number of Topliss-reactive ketones (excluding diaryl/α,β-unsaturated/α-hetero) is 1. The third-order valence-corrected chi connectivity index (χ3v) is 4.51. The van der Waals surface area contributed by atoms with Gasteiger partial charge in [-0.3, -0.25) is 4.79 Å². The molecule has 0 saturated carbocycles. The zero-order valence-corrected chi connectivity index (χ0v) is 12.8. The van der Waals surface area contributed by atoms with E-state index in [0.717, 1.165) is 0 Å². The summed E-state index contributed by atoms with van der Waals surface area (Å²) < 4.78 is 26.5. The molecular formula is C13H18ClNO3S. The molecule has 1 aromatic rings. The van der Waals surface area contributed by atoms with Crippen LogP contribution >= 0.6 is 11.6 Å². The number of benzene rings is 1. The Labute approximate surface area is 119 Å². The van der Waals surface area contributed by atoms with Crippen molar-refractivity contribution < 1.29 is 13.2 Å². The van der Waals surface area contributed by atoms with Crippen LogP contribution in [0.5, 0.6) is 0 Å². The smallest absolute Gasteiger partial charge is 0.242 e. The highest BCUT2D eigenvalue weighted by Gasteiger charge is 2.20. The largest absolute Gasteiger partial charge is 0.294 e. The van der Waals surface area contributed by atoms with Gasteiger partial charge in [0.1, 0.15) is 4.90 Å². The Morgan fingerprint density at radius 3 is 2.53 bits per heavy atom. The molecule has 0 unspecified atom stereocenters. The van der Waals surface area contributed by atoms with Crippen molar-refractivity contribution in [3.8, 4) is 0 Å². The summed E-state index contributed by atoms with van der Waals surface area (Å²) in [7, 11) is -3.67. The van der Waals surface area contributed by atoms with Gasteiger partial charge in [-0.1, -0.05) is 32.4 Å². The van der Waals surface area contributed by atoms with Gasteiger partial charge in [-0.25, -0.2) is 13.1 Å². The standard InChI is InChI=1S/C13H18ClNO3S/c1-4-7-15-19(17,18)12-8-10(5-6-11(12)14)13(16)9(2)3/h5-6,8-9,15H,4,7H2,1-3H3. The lowest BCUT2D eigenvalue weighted by atomic mass is 10.0. The first kappa shape index (κ1) is 16.1. The van der Waals surface area contributed by atoms with Crippen LogP contribution in [0, 0.1) is 5.92 Å². The van der Waals surface area contributed by atoms with Crippen molar-refractivity contribution in [1.29, 1.82) is 0 Å². The van der Waals surface area contributed by atoms with Crippen LogP contribution in [0.1, 0.15) is 37.6 Å². The second-order valence-corrected chi connectivity index (χ2v) is 6.70. The molecule has 0 aliphatic rings. The van der Waals surface area contributed by atoms with Crippen LogP contribution in [0.3, 0.4) is 0 Å². The van der Waals surface area contributed by atoms with Crippen molar-refractivity contribution in [2.24, 2.45) is 5.92 Å². The minimum atomic E-state index is -3.67. The van der Waals surface area contributed by atoms with Gasteiger partial charge in [0.15, 0.2) is 5.78 Å². The first-order chi connectivity index (χ1) is 8.79. The summed E-state index contributed by atoms with van der Waals surface area (Å²) in [5.74, 6) is -0.302. The predicted molar refractivity (Wildman–Crippen MR) is 76.1 cm³/mol. The van der Waals surface area contributed by atoms with Gasteiger partial charge in [0.25, 0.3) is 0 Å². The summed E-state index contributed by atoms with van der Waals surface area (Å²) in [6, 6.07) is 4.32. The van der Waals surface area contributed by atoms with E-state index < -0.39 is 10.0 Å². The molecule has 6 heteroatoms. The summed E-state index contributed by atoms with van der Waals surface area (Å²) in [5.41, 5.74) is 0.358. The molecule has 0 saturated heterocycles. The third-order valence-electron chi connectivity index (χ3n) is 2.57. The SMILES string of the molecule is CCCNS(=O)(=O)c1cc(C(=O)C(C)C)ccc1Cl. The van der Waals surface area contributed by atoms with E-state index in [1.54, 1.807) is 19.9 Å². The summed E-state index contributed by atoms with van der Waals surface area (Å²) in [6.45, 7) is 5.73. The van der Waals surface area contributed by atoms with Gasteiger partial charge >= 0.3 is 0 Å². The van der Waals surface area contributed by atoms with Crippen molar-refractivity contribution in [3.63, 3.8) is 0 Å². The van der Waals surface area contributed by atoms with Gasteiger partial charge in [-0.15, -0.1) is 0 Å². The number of nitrogens with one attached hydrogen (secondary N) is 1. The van der Waals surface area contributed by atoms with Crippen LogP contribution in [0.25, 0.3) is 0 Å². The van der Waals surface area contributed by atoms with Crippen LogP contribution in [0.2, 0.25) is 5.02 Å². The topological polar surface area (TPSA) is 63.2 Å². The molecular weight excluding hydrogens is 286 g/mol. The van der Waals surface area contributed by atoms with E-state index in [-0.39, 0.29) is 21.6 Å². The van der Waals surface area contributed by atoms with Gasteiger partial charge < -0.3 is 0 Å². The molecule has 0 bridgehead atoms. The minimum absolute atomic E-state index is 0.0471. The fourth-order valence-electron chi connectivity index (χ4n) is 1.51. The maximum atomic E-state index is 12.0. The first-order valence-electron chi connectivity index (χ1n) is 6.13. The van der Waals surface area contributed by atoms with E-state index in [1.165, 1.54) is 12.1 Å². The van der Waals surface area contributed by atoms with E-state index in [9.17, 15) is 13.2 Å². The monoisotopic (exact) mass is 303 g/mol. The number of hydrogen-bond donors (Lipinski definition) is 1. The lowest BCUT2D eigenvalue weighted by molar-refractivity contribution is 0.0939. The molecule has 0 amide bonds. The Kier molecular flexibility index (Phi) is 5.52. The maximum absolute atomic E-state index is 12.0. The number of sulfonamides is 1. The maximum Gasteiger partial charge on any atom is 0.242 e. The van der Waals surface area contributed by atoms with Gasteiger partial charge in [0.05, 0.1) is 5.02 Å². The van der Waals surface area contributed by atoms with Crippen molar-refractivity contribution in [2.45, 2.75) is 32.1 Å². The summed E-state index contributed by atoms with van der Waals surface area (Å²) in [5, 5.41) is 0.115. The lowest BCUT2D eigenvalue weighted by Crippen LogP contribution is -2.25. The highest BCUT2D eigenvalue weighted by molar-refractivity contribution is 7.89. The number of rotatable bonds is 6. The van der Waals surface area contributed by atoms with Crippen molar-refractivity contribution in [1.82, 2.24) is 4.72 Å². The van der Waals surface area contributed by atoms with Gasteiger partial charge in [0.2, 0.25) is 10.0 Å². The van der Waals surface area contributed by atoms with Crippen LogP contribution in [-0.2, 0) is 10.0 Å². The molecule has 0 spiro atoms. The van der Waals surface area contributed by atoms with E-state index in [4.69, 9.17) is 11.6 Å². The molecule has 1 rings (SSSR count). The van der Waals surface area contributed by atoms with Crippen molar-refractivity contribution in [3.05, 3.63) is 28.8 Å². The van der Waals surface area contributed by atoms with E-state index >= 15 is 0 Å². The molecule has 0 aliphatic carbocycles. The van der Waals surface area contributed by atoms with E-state index in [0.29, 0.717) is 18.5 Å². The number of hydrogen-bond acceptors (Lipinski definition) is 3. The quantitative estimate of drug-likeness (QED) is 0.822. The number of halogens is 1. The third kappa shape index (κ3) is 4.03. The average molecular weight is 304 g/mol. The van der Waals surface area contributed by atoms with E-state index in [2.05, 4.69) is 4.72 Å². The Morgan fingerprint density at radius 1 is 1.37 bits per heavy atom. The van der Waals surface area contributed by atoms with Gasteiger partial charge in [-0.05, 0) is 24.6 Å². The molecule has 4 nitrogen and oxygen atoms in total. The molecule has 0 aliphatic heterocycles. The van der Waals surface area contributed by atoms with Crippen LogP contribution in [-0.4, -0.2) is 20.7 Å². The van der Waals surface area contributed by atoms with Crippen LogP contribution < -0.4 is 4.72 Å². The fraction of sp³-hybridized carbons (Fsp3) is 0.462. The lowest BCUT2D eigenvalue weighted by Gasteiger charge is -2.10. The molecule has 0 heterocycles. The molecule has 0 fully saturated rings. The number of carbonyl (C=O) groups excluding carboxylic acids is 1. The molecule has 0 radical (unpaired) electrons. The normalized spacial score (nSPS) is 11.8. The van der Waals surface area contributed by atoms with Crippen molar-refractivity contribution >= 4 is 27.4 Å². The summed E-state index contributed by atoms with van der Waals surface area (Å²) in [4.78, 5) is 11.8. The zero-order chi connectivity index (χ0) is 14.6. The molecule has 0 atom stereocenters. The molecule has 1 aromatic carbocycles. The number of carbonyl (C=O) groups is 1. The molecule has 0 aromatic heterocycles. The Bertz CT molecular complexity index is 567. The summed E-state index contributed by atoms with van der Waals surface area (Å²) >= 11 is 5.91. The Balaban J connectivity index is 3.21. The predicted octanol–water partition coefficient (Wildman–Crippen LogP) is 2.87. The number of ketones is 1. The van der Waals surface area contributed by atoms with Gasteiger partial charge in [-0.2, -0.15) is 0 Å². The first-order valence-corrected chi connectivity index (χ1v) is 7.99. The Hall–Kier alpha value is -0.910.